The number of halogens is 1. The fourth-order valence-corrected chi connectivity index (χ4v) is 2.86. The van der Waals surface area contributed by atoms with Gasteiger partial charge in [0.25, 0.3) is 9.05 Å². The smallest absolute Gasteiger partial charge is 0.265 e. The average Bonchev–Trinajstić information content (AvgIpc) is 2.15. The van der Waals surface area contributed by atoms with Crippen molar-refractivity contribution >= 4 is 19.7 Å². The minimum Gasteiger partial charge on any atom is -0.492 e. The number of rotatable bonds is 1. The van der Waals surface area contributed by atoms with Crippen LogP contribution in [0.1, 0.15) is 17.5 Å². The van der Waals surface area contributed by atoms with Gasteiger partial charge in [-0.3, -0.25) is 0 Å². The monoisotopic (exact) mass is 246 g/mol. The summed E-state index contributed by atoms with van der Waals surface area (Å²) in [6, 6.07) is 3.49. The lowest BCUT2D eigenvalue weighted by Crippen LogP contribution is -2.11. The van der Waals surface area contributed by atoms with E-state index in [2.05, 4.69) is 0 Å². The van der Waals surface area contributed by atoms with Crippen molar-refractivity contribution in [3.8, 4) is 5.75 Å². The lowest BCUT2D eigenvalue weighted by molar-refractivity contribution is 0.280. The number of hydrogen-bond donors (Lipinski definition) is 0. The molecule has 0 bridgehead atoms. The molecule has 82 valence electrons. The predicted molar refractivity (Wildman–Crippen MR) is 58.0 cm³/mol. The van der Waals surface area contributed by atoms with Crippen LogP contribution < -0.4 is 4.74 Å². The topological polar surface area (TPSA) is 43.4 Å². The molecule has 1 aromatic rings. The van der Waals surface area contributed by atoms with E-state index in [1.807, 2.05) is 13.0 Å². The summed E-state index contributed by atoms with van der Waals surface area (Å²) in [6.07, 6.45) is 1.76. The van der Waals surface area contributed by atoms with E-state index < -0.39 is 9.05 Å². The Labute approximate surface area is 93.4 Å². The highest BCUT2D eigenvalue weighted by molar-refractivity contribution is 8.13. The molecule has 0 aliphatic carbocycles. The standard InChI is InChI=1S/C10H11ClO3S/c1-7-5-8-3-2-4-14-10(8)9(6-7)15(11,12)13/h5-6H,2-4H2,1H3. The highest BCUT2D eigenvalue weighted by Crippen LogP contribution is 2.35. The minimum atomic E-state index is -3.72. The van der Waals surface area contributed by atoms with Gasteiger partial charge in [0.15, 0.2) is 0 Å². The van der Waals surface area contributed by atoms with Crippen molar-refractivity contribution in [2.75, 3.05) is 6.61 Å². The van der Waals surface area contributed by atoms with Crippen LogP contribution >= 0.6 is 10.7 Å². The molecule has 3 nitrogen and oxygen atoms in total. The lowest BCUT2D eigenvalue weighted by atomic mass is 10.0. The molecule has 1 aromatic carbocycles. The molecule has 0 saturated heterocycles. The Hall–Kier alpha value is -0.740. The number of fused-ring (bicyclic) bond motifs is 1. The van der Waals surface area contributed by atoms with Crippen molar-refractivity contribution in [3.63, 3.8) is 0 Å². The van der Waals surface area contributed by atoms with E-state index >= 15 is 0 Å². The molecule has 0 atom stereocenters. The Bertz CT molecular complexity index is 494. The first-order valence-electron chi connectivity index (χ1n) is 4.69. The zero-order valence-electron chi connectivity index (χ0n) is 8.29. The first-order chi connectivity index (χ1) is 6.98. The third kappa shape index (κ3) is 2.11. The van der Waals surface area contributed by atoms with Gasteiger partial charge in [-0.1, -0.05) is 6.07 Å². The van der Waals surface area contributed by atoms with Gasteiger partial charge < -0.3 is 4.74 Å². The summed E-state index contributed by atoms with van der Waals surface area (Å²) < 4.78 is 28.1. The molecule has 1 aliphatic heterocycles. The van der Waals surface area contributed by atoms with Crippen LogP contribution in [-0.4, -0.2) is 15.0 Å². The second-order valence-electron chi connectivity index (χ2n) is 3.64. The van der Waals surface area contributed by atoms with E-state index in [-0.39, 0.29) is 4.90 Å². The zero-order chi connectivity index (χ0) is 11.1. The molecule has 5 heteroatoms. The van der Waals surface area contributed by atoms with Crippen LogP contribution in [0.2, 0.25) is 0 Å². The van der Waals surface area contributed by atoms with Gasteiger partial charge in [-0.15, -0.1) is 0 Å². The zero-order valence-corrected chi connectivity index (χ0v) is 9.86. The first-order valence-corrected chi connectivity index (χ1v) is 7.00. The van der Waals surface area contributed by atoms with Crippen LogP contribution in [0.15, 0.2) is 17.0 Å². The molecule has 0 radical (unpaired) electrons. The maximum Gasteiger partial charge on any atom is 0.265 e. The van der Waals surface area contributed by atoms with E-state index in [1.54, 1.807) is 6.07 Å². The first kappa shape index (κ1) is 10.8. The third-order valence-corrected chi connectivity index (χ3v) is 3.70. The van der Waals surface area contributed by atoms with Crippen molar-refractivity contribution < 1.29 is 13.2 Å². The number of benzene rings is 1. The second-order valence-corrected chi connectivity index (χ2v) is 6.18. The van der Waals surface area contributed by atoms with Crippen molar-refractivity contribution in [3.05, 3.63) is 23.3 Å². The van der Waals surface area contributed by atoms with Crippen molar-refractivity contribution in [1.29, 1.82) is 0 Å². The molecule has 0 fully saturated rings. The van der Waals surface area contributed by atoms with Crippen LogP contribution in [0.4, 0.5) is 0 Å². The SMILES string of the molecule is Cc1cc2c(c(S(=O)(=O)Cl)c1)OCCC2. The highest BCUT2D eigenvalue weighted by atomic mass is 35.7. The van der Waals surface area contributed by atoms with Gasteiger partial charge in [-0.05, 0) is 37.0 Å². The molecular formula is C10H11ClO3S. The van der Waals surface area contributed by atoms with Crippen LogP contribution in [0.3, 0.4) is 0 Å². The van der Waals surface area contributed by atoms with Crippen LogP contribution in [-0.2, 0) is 15.5 Å². The number of aryl methyl sites for hydroxylation is 2. The Morgan fingerprint density at radius 1 is 1.40 bits per heavy atom. The summed E-state index contributed by atoms with van der Waals surface area (Å²) in [5.74, 6) is 0.432. The largest absolute Gasteiger partial charge is 0.492 e. The minimum absolute atomic E-state index is 0.0962. The Kier molecular flexibility index (Phi) is 2.64. The van der Waals surface area contributed by atoms with Crippen LogP contribution in [0.25, 0.3) is 0 Å². The summed E-state index contributed by atoms with van der Waals surface area (Å²) in [7, 11) is 1.64. The Balaban J connectivity index is 2.68. The van der Waals surface area contributed by atoms with E-state index in [4.69, 9.17) is 15.4 Å². The van der Waals surface area contributed by atoms with E-state index in [0.29, 0.717) is 12.4 Å². The third-order valence-electron chi connectivity index (χ3n) is 2.38. The van der Waals surface area contributed by atoms with Gasteiger partial charge in [0.2, 0.25) is 0 Å². The molecule has 15 heavy (non-hydrogen) atoms. The van der Waals surface area contributed by atoms with E-state index in [1.165, 1.54) is 0 Å². The Morgan fingerprint density at radius 3 is 2.80 bits per heavy atom. The van der Waals surface area contributed by atoms with Gasteiger partial charge in [-0.2, -0.15) is 0 Å². The molecule has 0 spiro atoms. The molecule has 0 amide bonds. The molecule has 2 rings (SSSR count). The maximum absolute atomic E-state index is 11.3. The number of hydrogen-bond acceptors (Lipinski definition) is 3. The predicted octanol–water partition coefficient (Wildman–Crippen LogP) is 2.25. The van der Waals surface area contributed by atoms with Gasteiger partial charge in [0, 0.05) is 10.7 Å². The highest BCUT2D eigenvalue weighted by Gasteiger charge is 2.22. The lowest BCUT2D eigenvalue weighted by Gasteiger charge is -2.19. The molecule has 0 unspecified atom stereocenters. The average molecular weight is 247 g/mol. The fraction of sp³-hybridized carbons (Fsp3) is 0.400. The van der Waals surface area contributed by atoms with Gasteiger partial charge >= 0.3 is 0 Å². The molecule has 0 saturated carbocycles. The Morgan fingerprint density at radius 2 is 2.13 bits per heavy atom. The summed E-state index contributed by atoms with van der Waals surface area (Å²) >= 11 is 0. The van der Waals surface area contributed by atoms with Gasteiger partial charge in [-0.25, -0.2) is 8.42 Å². The summed E-state index contributed by atoms with van der Waals surface area (Å²) in [6.45, 7) is 2.40. The quantitative estimate of drug-likeness (QED) is 0.714. The number of ether oxygens (including phenoxy) is 1. The summed E-state index contributed by atoms with van der Waals surface area (Å²) in [5.41, 5.74) is 1.82. The van der Waals surface area contributed by atoms with Crippen LogP contribution in [0, 0.1) is 6.92 Å². The maximum atomic E-state index is 11.3. The van der Waals surface area contributed by atoms with Gasteiger partial charge in [0.05, 0.1) is 6.61 Å². The van der Waals surface area contributed by atoms with E-state index in [0.717, 1.165) is 24.0 Å². The van der Waals surface area contributed by atoms with Crippen molar-refractivity contribution in [2.24, 2.45) is 0 Å². The normalized spacial score (nSPS) is 15.6. The van der Waals surface area contributed by atoms with Gasteiger partial charge in [0.1, 0.15) is 10.6 Å². The molecule has 1 aliphatic rings. The molecule has 0 N–H and O–H groups in total. The fourth-order valence-electron chi connectivity index (χ4n) is 1.78. The summed E-state index contributed by atoms with van der Waals surface area (Å²) in [4.78, 5) is 0.0962. The molecule has 0 aromatic heterocycles. The van der Waals surface area contributed by atoms with Crippen molar-refractivity contribution in [1.82, 2.24) is 0 Å². The van der Waals surface area contributed by atoms with E-state index in [9.17, 15) is 8.42 Å². The van der Waals surface area contributed by atoms with Crippen LogP contribution in [0.5, 0.6) is 5.75 Å². The van der Waals surface area contributed by atoms with Crippen molar-refractivity contribution in [2.45, 2.75) is 24.7 Å². The molecular weight excluding hydrogens is 236 g/mol. The summed E-state index contributed by atoms with van der Waals surface area (Å²) in [5, 5.41) is 0. The molecule has 1 heterocycles. The second kappa shape index (κ2) is 3.68.